The van der Waals surface area contributed by atoms with Crippen molar-refractivity contribution < 1.29 is 28.6 Å². The van der Waals surface area contributed by atoms with E-state index in [4.69, 9.17) is 19.0 Å². The Morgan fingerprint density at radius 2 is 2.20 bits per heavy atom. The van der Waals surface area contributed by atoms with E-state index < -0.39 is 5.97 Å². The van der Waals surface area contributed by atoms with Gasteiger partial charge in [0.05, 0.1) is 25.0 Å². The molecule has 2 heterocycles. The average molecular weight is 345 g/mol. The monoisotopic (exact) mass is 345 g/mol. The number of aryl methyl sites for hydroxylation is 1. The minimum Gasteiger partial charge on any atom is -0.493 e. The number of hydrogen-bond donors (Lipinski definition) is 2. The molecule has 0 radical (unpaired) electrons. The van der Waals surface area contributed by atoms with Gasteiger partial charge in [-0.3, -0.25) is 9.59 Å². The second-order valence-electron chi connectivity index (χ2n) is 5.92. The van der Waals surface area contributed by atoms with E-state index in [1.165, 1.54) is 6.26 Å². The number of fused-ring (bicyclic) bond motifs is 1. The zero-order valence-corrected chi connectivity index (χ0v) is 14.0. The number of methoxy groups -OCH3 is 1. The van der Waals surface area contributed by atoms with Gasteiger partial charge in [-0.15, -0.1) is 0 Å². The quantitative estimate of drug-likeness (QED) is 0.860. The molecule has 1 aromatic heterocycles. The van der Waals surface area contributed by atoms with Crippen molar-refractivity contribution in [2.75, 3.05) is 13.7 Å². The fraction of sp³-hybridized carbons (Fsp3) is 0.333. The van der Waals surface area contributed by atoms with Crippen molar-refractivity contribution in [2.45, 2.75) is 25.8 Å². The van der Waals surface area contributed by atoms with Gasteiger partial charge in [-0.05, 0) is 19.4 Å². The Kier molecular flexibility index (Phi) is 4.65. The molecule has 0 spiro atoms. The van der Waals surface area contributed by atoms with Gasteiger partial charge in [0, 0.05) is 11.1 Å². The Labute approximate surface area is 144 Å². The molecule has 0 saturated carbocycles. The molecule has 1 aliphatic rings. The van der Waals surface area contributed by atoms with Crippen LogP contribution in [0.1, 0.15) is 27.2 Å². The van der Waals surface area contributed by atoms with Crippen LogP contribution in [0.25, 0.3) is 0 Å². The number of para-hydroxylation sites is 1. The van der Waals surface area contributed by atoms with E-state index in [0.717, 1.165) is 5.56 Å². The first-order valence-corrected chi connectivity index (χ1v) is 7.88. The van der Waals surface area contributed by atoms with E-state index in [2.05, 4.69) is 5.32 Å². The summed E-state index contributed by atoms with van der Waals surface area (Å²) in [4.78, 5) is 23.5. The number of carbonyl (C=O) groups excluding carboxylic acids is 1. The highest BCUT2D eigenvalue weighted by Gasteiger charge is 2.27. The number of carboxylic acid groups (broad SMARTS) is 1. The highest BCUT2D eigenvalue weighted by Crippen LogP contribution is 2.34. The van der Waals surface area contributed by atoms with Gasteiger partial charge >= 0.3 is 5.97 Å². The number of amides is 1. The van der Waals surface area contributed by atoms with E-state index in [1.54, 1.807) is 14.0 Å². The van der Waals surface area contributed by atoms with Gasteiger partial charge < -0.3 is 24.3 Å². The SMILES string of the molecule is COc1cccc2c1OCC(NC(=O)c1c(C)coc1CC(=O)O)C2. The second-order valence-corrected chi connectivity index (χ2v) is 5.92. The van der Waals surface area contributed by atoms with Crippen LogP contribution in [0.4, 0.5) is 0 Å². The van der Waals surface area contributed by atoms with Crippen molar-refractivity contribution in [3.8, 4) is 11.5 Å². The first-order valence-electron chi connectivity index (χ1n) is 7.88. The molecule has 1 aliphatic heterocycles. The number of furan rings is 1. The zero-order valence-electron chi connectivity index (χ0n) is 14.0. The molecule has 1 amide bonds. The molecule has 2 aromatic rings. The predicted octanol–water partition coefficient (Wildman–Crippen LogP) is 1.96. The molecule has 25 heavy (non-hydrogen) atoms. The second kappa shape index (κ2) is 6.88. The van der Waals surface area contributed by atoms with Crippen LogP contribution < -0.4 is 14.8 Å². The zero-order chi connectivity index (χ0) is 18.0. The van der Waals surface area contributed by atoms with E-state index in [0.29, 0.717) is 30.1 Å². The minimum absolute atomic E-state index is 0.154. The van der Waals surface area contributed by atoms with Crippen molar-refractivity contribution in [2.24, 2.45) is 0 Å². The van der Waals surface area contributed by atoms with E-state index >= 15 is 0 Å². The molecule has 1 atom stereocenters. The van der Waals surface area contributed by atoms with Crippen LogP contribution in [-0.4, -0.2) is 36.7 Å². The van der Waals surface area contributed by atoms with Crippen LogP contribution >= 0.6 is 0 Å². The Bertz CT molecular complexity index is 810. The van der Waals surface area contributed by atoms with E-state index in [-0.39, 0.29) is 29.7 Å². The summed E-state index contributed by atoms with van der Waals surface area (Å²) in [6.07, 6.45) is 1.66. The summed E-state index contributed by atoms with van der Waals surface area (Å²) in [7, 11) is 1.58. The van der Waals surface area contributed by atoms with Crippen molar-refractivity contribution in [3.05, 3.63) is 46.9 Å². The molecule has 0 saturated heterocycles. The number of nitrogens with one attached hydrogen (secondary N) is 1. The number of ether oxygens (including phenoxy) is 2. The normalized spacial score (nSPS) is 15.8. The lowest BCUT2D eigenvalue weighted by Gasteiger charge is -2.27. The number of benzene rings is 1. The van der Waals surface area contributed by atoms with Gasteiger partial charge in [0.15, 0.2) is 11.5 Å². The lowest BCUT2D eigenvalue weighted by molar-refractivity contribution is -0.136. The molecule has 132 valence electrons. The third-order valence-electron chi connectivity index (χ3n) is 4.10. The molecular weight excluding hydrogens is 326 g/mol. The number of aliphatic carboxylic acids is 1. The van der Waals surface area contributed by atoms with Gasteiger partial charge in [0.2, 0.25) is 0 Å². The standard InChI is InChI=1S/C18H19NO6/c1-10-8-24-14(7-15(20)21)16(10)18(22)19-12-6-11-4-3-5-13(23-2)17(11)25-9-12/h3-5,8,12H,6-7,9H2,1-2H3,(H,19,22)(H,20,21). The van der Waals surface area contributed by atoms with Gasteiger partial charge in [-0.1, -0.05) is 12.1 Å². The van der Waals surface area contributed by atoms with E-state index in [1.807, 2.05) is 18.2 Å². The summed E-state index contributed by atoms with van der Waals surface area (Å²) in [5, 5.41) is 11.8. The van der Waals surface area contributed by atoms with Crippen LogP contribution in [0.3, 0.4) is 0 Å². The number of rotatable bonds is 5. The van der Waals surface area contributed by atoms with Crippen LogP contribution in [0.5, 0.6) is 11.5 Å². The Morgan fingerprint density at radius 1 is 1.40 bits per heavy atom. The van der Waals surface area contributed by atoms with Crippen LogP contribution in [0.15, 0.2) is 28.9 Å². The maximum atomic E-state index is 12.6. The smallest absolute Gasteiger partial charge is 0.311 e. The van der Waals surface area contributed by atoms with Crippen molar-refractivity contribution in [1.29, 1.82) is 0 Å². The first-order chi connectivity index (χ1) is 12.0. The Balaban J connectivity index is 1.74. The number of carbonyl (C=O) groups is 2. The maximum Gasteiger partial charge on any atom is 0.311 e. The molecule has 0 aliphatic carbocycles. The summed E-state index contributed by atoms with van der Waals surface area (Å²) >= 11 is 0. The molecule has 7 nitrogen and oxygen atoms in total. The van der Waals surface area contributed by atoms with Gasteiger partial charge in [-0.2, -0.15) is 0 Å². The summed E-state index contributed by atoms with van der Waals surface area (Å²) in [6, 6.07) is 5.40. The molecule has 3 rings (SSSR count). The van der Waals surface area contributed by atoms with Crippen molar-refractivity contribution >= 4 is 11.9 Å². The predicted molar refractivity (Wildman–Crippen MR) is 88.2 cm³/mol. The van der Waals surface area contributed by atoms with Crippen LogP contribution in [-0.2, 0) is 17.6 Å². The average Bonchev–Trinajstić information content (AvgIpc) is 2.93. The summed E-state index contributed by atoms with van der Waals surface area (Å²) in [6.45, 7) is 2.02. The third kappa shape index (κ3) is 3.45. The third-order valence-corrected chi connectivity index (χ3v) is 4.10. The molecule has 2 N–H and O–H groups in total. The topological polar surface area (TPSA) is 98.0 Å². The van der Waals surface area contributed by atoms with Gasteiger partial charge in [0.25, 0.3) is 5.91 Å². The molecule has 0 fully saturated rings. The Hall–Kier alpha value is -2.96. The van der Waals surface area contributed by atoms with Gasteiger partial charge in [-0.25, -0.2) is 0 Å². The van der Waals surface area contributed by atoms with Crippen LogP contribution in [0, 0.1) is 6.92 Å². The highest BCUT2D eigenvalue weighted by atomic mass is 16.5. The highest BCUT2D eigenvalue weighted by molar-refractivity contribution is 5.97. The lowest BCUT2D eigenvalue weighted by atomic mass is 10.0. The molecule has 1 aromatic carbocycles. The summed E-state index contributed by atoms with van der Waals surface area (Å²) in [5.74, 6) is 0.104. The summed E-state index contributed by atoms with van der Waals surface area (Å²) < 4.78 is 16.2. The minimum atomic E-state index is -1.05. The molecule has 1 unspecified atom stereocenters. The van der Waals surface area contributed by atoms with Gasteiger partial charge in [0.1, 0.15) is 18.8 Å². The number of carboxylic acids is 1. The molecular formula is C18H19NO6. The van der Waals surface area contributed by atoms with Crippen molar-refractivity contribution in [1.82, 2.24) is 5.32 Å². The molecule has 7 heteroatoms. The Morgan fingerprint density at radius 3 is 2.92 bits per heavy atom. The maximum absolute atomic E-state index is 12.6. The van der Waals surface area contributed by atoms with Crippen LogP contribution in [0.2, 0.25) is 0 Å². The fourth-order valence-corrected chi connectivity index (χ4v) is 2.98. The summed E-state index contributed by atoms with van der Waals surface area (Å²) in [5.41, 5.74) is 1.83. The largest absolute Gasteiger partial charge is 0.493 e. The fourth-order valence-electron chi connectivity index (χ4n) is 2.98. The van der Waals surface area contributed by atoms with Crippen molar-refractivity contribution in [3.63, 3.8) is 0 Å². The molecule has 0 bridgehead atoms. The first kappa shape index (κ1) is 16.9. The number of hydrogen-bond acceptors (Lipinski definition) is 5. The van der Waals surface area contributed by atoms with E-state index in [9.17, 15) is 9.59 Å². The lowest BCUT2D eigenvalue weighted by Crippen LogP contribution is -2.43.